The fourth-order valence-corrected chi connectivity index (χ4v) is 1.54. The molecule has 72 valence electrons. The van der Waals surface area contributed by atoms with E-state index in [0.29, 0.717) is 17.9 Å². The Kier molecular flexibility index (Phi) is 2.21. The summed E-state index contributed by atoms with van der Waals surface area (Å²) in [5, 5.41) is 0.109. The Bertz CT molecular complexity index is 412. The Morgan fingerprint density at radius 3 is 3.00 bits per heavy atom. The predicted octanol–water partition coefficient (Wildman–Crippen LogP) is 2.08. The number of ether oxygens (including phenoxy) is 2. The molecule has 0 aliphatic carbocycles. The van der Waals surface area contributed by atoms with Gasteiger partial charge in [0.05, 0.1) is 0 Å². The molecule has 1 heterocycles. The lowest BCUT2D eigenvalue weighted by Crippen LogP contribution is -2.19. The molecule has 0 unspecified atom stereocenters. The van der Waals surface area contributed by atoms with Crippen molar-refractivity contribution in [2.75, 3.05) is 0 Å². The van der Waals surface area contributed by atoms with Crippen LogP contribution in [0.15, 0.2) is 18.2 Å². The Labute approximate surface area is 86.6 Å². The summed E-state index contributed by atoms with van der Waals surface area (Å²) < 4.78 is 10.2. The first-order chi connectivity index (χ1) is 6.68. The molecule has 0 N–H and O–H groups in total. The third-order valence-corrected chi connectivity index (χ3v) is 2.24. The molecule has 0 fully saturated rings. The fourth-order valence-electron chi connectivity index (χ4n) is 1.39. The highest BCUT2D eigenvalue weighted by atomic mass is 32.1. The van der Waals surface area contributed by atoms with Crippen LogP contribution in [-0.2, 0) is 11.3 Å². The molecular formula is C10H8O3S. The molecule has 1 aliphatic rings. The molecular weight excluding hydrogens is 200 g/mol. The van der Waals surface area contributed by atoms with E-state index in [9.17, 15) is 4.79 Å². The topological polar surface area (TPSA) is 35.5 Å². The van der Waals surface area contributed by atoms with Crippen molar-refractivity contribution in [2.24, 2.45) is 0 Å². The number of fused-ring (bicyclic) bond motifs is 1. The quantitative estimate of drug-likeness (QED) is 0.523. The van der Waals surface area contributed by atoms with Gasteiger partial charge >= 0.3 is 5.24 Å². The normalized spacial score (nSPS) is 13.9. The molecule has 14 heavy (non-hydrogen) atoms. The predicted molar refractivity (Wildman–Crippen MR) is 54.5 cm³/mol. The lowest BCUT2D eigenvalue weighted by Gasteiger charge is -2.19. The SMILES string of the molecule is CC(=O)c1cccc2c1COC(=S)O2. The number of thiocarbonyl (C=S) groups is 1. The van der Waals surface area contributed by atoms with Crippen molar-refractivity contribution in [3.8, 4) is 5.75 Å². The number of benzene rings is 1. The summed E-state index contributed by atoms with van der Waals surface area (Å²) >= 11 is 4.76. The highest BCUT2D eigenvalue weighted by molar-refractivity contribution is 7.79. The van der Waals surface area contributed by atoms with Crippen LogP contribution in [0.5, 0.6) is 5.75 Å². The largest absolute Gasteiger partial charge is 0.452 e. The third kappa shape index (κ3) is 1.48. The molecule has 0 aromatic heterocycles. The van der Waals surface area contributed by atoms with Gasteiger partial charge in [-0.2, -0.15) is 0 Å². The van der Waals surface area contributed by atoms with Crippen LogP contribution in [0.25, 0.3) is 0 Å². The average Bonchev–Trinajstić information content (AvgIpc) is 2.16. The maximum Gasteiger partial charge on any atom is 0.358 e. The summed E-state index contributed by atoms with van der Waals surface area (Å²) in [6.45, 7) is 1.83. The second-order valence-electron chi connectivity index (χ2n) is 2.98. The van der Waals surface area contributed by atoms with Crippen molar-refractivity contribution in [1.29, 1.82) is 0 Å². The molecule has 1 aromatic rings. The number of carbonyl (C=O) groups excluding carboxylic acids is 1. The van der Waals surface area contributed by atoms with Gasteiger partial charge in [0.1, 0.15) is 12.4 Å². The van der Waals surface area contributed by atoms with E-state index in [1.807, 2.05) is 0 Å². The van der Waals surface area contributed by atoms with Crippen LogP contribution in [0.3, 0.4) is 0 Å². The zero-order valence-electron chi connectivity index (χ0n) is 7.57. The van der Waals surface area contributed by atoms with Gasteiger partial charge < -0.3 is 9.47 Å². The Hall–Kier alpha value is -1.42. The minimum atomic E-state index is 0.00173. The first-order valence-corrected chi connectivity index (χ1v) is 4.57. The van der Waals surface area contributed by atoms with E-state index in [1.54, 1.807) is 18.2 Å². The van der Waals surface area contributed by atoms with Crippen molar-refractivity contribution in [3.63, 3.8) is 0 Å². The van der Waals surface area contributed by atoms with Gasteiger partial charge in [0, 0.05) is 23.3 Å². The molecule has 3 nitrogen and oxygen atoms in total. The number of rotatable bonds is 1. The monoisotopic (exact) mass is 208 g/mol. The Morgan fingerprint density at radius 1 is 1.50 bits per heavy atom. The van der Waals surface area contributed by atoms with Crippen LogP contribution in [0.1, 0.15) is 22.8 Å². The van der Waals surface area contributed by atoms with E-state index in [-0.39, 0.29) is 11.0 Å². The van der Waals surface area contributed by atoms with E-state index >= 15 is 0 Å². The zero-order chi connectivity index (χ0) is 10.1. The Morgan fingerprint density at radius 2 is 2.29 bits per heavy atom. The molecule has 2 rings (SSSR count). The molecule has 0 atom stereocenters. The molecule has 1 aliphatic heterocycles. The molecule has 0 saturated heterocycles. The molecule has 0 spiro atoms. The minimum absolute atomic E-state index is 0.00173. The van der Waals surface area contributed by atoms with Crippen LogP contribution >= 0.6 is 12.2 Å². The van der Waals surface area contributed by atoms with Gasteiger partial charge in [-0.05, 0) is 13.0 Å². The van der Waals surface area contributed by atoms with E-state index in [1.165, 1.54) is 6.92 Å². The summed E-state index contributed by atoms with van der Waals surface area (Å²) in [5.41, 5.74) is 1.40. The van der Waals surface area contributed by atoms with Crippen molar-refractivity contribution >= 4 is 23.2 Å². The average molecular weight is 208 g/mol. The minimum Gasteiger partial charge on any atom is -0.452 e. The van der Waals surface area contributed by atoms with Gasteiger partial charge in [-0.15, -0.1) is 0 Å². The lowest BCUT2D eigenvalue weighted by molar-refractivity contribution is 0.101. The van der Waals surface area contributed by atoms with Crippen LogP contribution in [-0.4, -0.2) is 11.0 Å². The first-order valence-electron chi connectivity index (χ1n) is 4.16. The van der Waals surface area contributed by atoms with Crippen LogP contribution in [0, 0.1) is 0 Å². The number of carbonyl (C=O) groups is 1. The molecule has 0 saturated carbocycles. The maximum atomic E-state index is 11.3. The van der Waals surface area contributed by atoms with Gasteiger partial charge in [-0.25, -0.2) is 0 Å². The first kappa shape index (κ1) is 9.15. The maximum absolute atomic E-state index is 11.3. The van der Waals surface area contributed by atoms with Gasteiger partial charge in [0.15, 0.2) is 5.78 Å². The third-order valence-electron chi connectivity index (χ3n) is 2.04. The fraction of sp³-hybridized carbons (Fsp3) is 0.200. The van der Waals surface area contributed by atoms with E-state index in [0.717, 1.165) is 5.56 Å². The molecule has 1 aromatic carbocycles. The van der Waals surface area contributed by atoms with Crippen molar-refractivity contribution in [1.82, 2.24) is 0 Å². The number of hydrogen-bond acceptors (Lipinski definition) is 4. The summed E-state index contributed by atoms with van der Waals surface area (Å²) in [6, 6.07) is 5.29. The second-order valence-corrected chi connectivity index (χ2v) is 3.31. The van der Waals surface area contributed by atoms with Gasteiger partial charge in [-0.1, -0.05) is 12.1 Å². The molecule has 0 amide bonds. The zero-order valence-corrected chi connectivity index (χ0v) is 8.39. The molecule has 0 bridgehead atoms. The van der Waals surface area contributed by atoms with Gasteiger partial charge in [-0.3, -0.25) is 4.79 Å². The summed E-state index contributed by atoms with van der Waals surface area (Å²) in [4.78, 5) is 11.3. The highest BCUT2D eigenvalue weighted by Gasteiger charge is 2.19. The number of Topliss-reactive ketones (excluding diaryl/α,β-unsaturated/α-hetero) is 1. The smallest absolute Gasteiger partial charge is 0.358 e. The lowest BCUT2D eigenvalue weighted by atomic mass is 10.0. The van der Waals surface area contributed by atoms with Crippen molar-refractivity contribution in [3.05, 3.63) is 29.3 Å². The standard InChI is InChI=1S/C10H8O3S/c1-6(11)7-3-2-4-9-8(7)5-12-10(14)13-9/h2-4H,5H2,1H3. The van der Waals surface area contributed by atoms with Crippen LogP contribution in [0.2, 0.25) is 0 Å². The highest BCUT2D eigenvalue weighted by Crippen LogP contribution is 2.27. The Balaban J connectivity index is 2.52. The van der Waals surface area contributed by atoms with E-state index in [2.05, 4.69) is 0 Å². The van der Waals surface area contributed by atoms with Gasteiger partial charge in [0.2, 0.25) is 0 Å². The van der Waals surface area contributed by atoms with Gasteiger partial charge in [0.25, 0.3) is 0 Å². The molecule has 0 radical (unpaired) electrons. The van der Waals surface area contributed by atoms with Crippen molar-refractivity contribution in [2.45, 2.75) is 13.5 Å². The van der Waals surface area contributed by atoms with Crippen molar-refractivity contribution < 1.29 is 14.3 Å². The van der Waals surface area contributed by atoms with E-state index < -0.39 is 0 Å². The number of hydrogen-bond donors (Lipinski definition) is 0. The van der Waals surface area contributed by atoms with E-state index in [4.69, 9.17) is 21.7 Å². The summed E-state index contributed by atoms with van der Waals surface area (Å²) in [6.07, 6.45) is 0. The summed E-state index contributed by atoms with van der Waals surface area (Å²) in [5.74, 6) is 0.621. The van der Waals surface area contributed by atoms with Crippen LogP contribution < -0.4 is 4.74 Å². The number of ketones is 1. The second kappa shape index (κ2) is 3.38. The molecule has 4 heteroatoms. The van der Waals surface area contributed by atoms with Crippen LogP contribution in [0.4, 0.5) is 0 Å². The summed E-state index contributed by atoms with van der Waals surface area (Å²) in [7, 11) is 0.